The molecule has 12 heteroatoms. The monoisotopic (exact) mass is 518 g/mol. The maximum atomic E-state index is 14.5. The van der Waals surface area contributed by atoms with Crippen molar-refractivity contribution in [3.05, 3.63) is 79.8 Å². The first-order valence-corrected chi connectivity index (χ1v) is 11.7. The van der Waals surface area contributed by atoms with Gasteiger partial charge in [0.05, 0.1) is 12.6 Å². The standard InChI is InChI=1S/C24H28ClFN6O4/c1-15(2)36-20-8-7-18(13-19(20)26)29-22-30-23(34)31(12-9-21(33)28-11-10-27)24(35)32(22)14-16-3-5-17(25)6-4-16/h3-8,13,15H,9-12,14,27H2,1-2H3,(H,28,33)(H,29,30,34). The van der Waals surface area contributed by atoms with E-state index in [1.807, 2.05) is 0 Å². The Hall–Kier alpha value is -3.70. The van der Waals surface area contributed by atoms with Crippen LogP contribution in [0.3, 0.4) is 0 Å². The number of nitrogens with zero attached hydrogens (tertiary/aromatic N) is 3. The van der Waals surface area contributed by atoms with Crippen molar-refractivity contribution < 1.29 is 13.9 Å². The molecular weight excluding hydrogens is 491 g/mol. The number of ether oxygens (including phenoxy) is 1. The highest BCUT2D eigenvalue weighted by Crippen LogP contribution is 2.24. The van der Waals surface area contributed by atoms with Gasteiger partial charge in [-0.1, -0.05) is 23.7 Å². The molecule has 0 radical (unpaired) electrons. The molecule has 1 heterocycles. The zero-order chi connectivity index (χ0) is 26.2. The summed E-state index contributed by atoms with van der Waals surface area (Å²) in [5.41, 5.74) is 4.82. The molecule has 3 aromatic rings. The lowest BCUT2D eigenvalue weighted by Crippen LogP contribution is -2.43. The second-order valence-electron chi connectivity index (χ2n) is 8.19. The third kappa shape index (κ3) is 7.15. The molecule has 1 amide bonds. The molecule has 0 unspecified atom stereocenters. The number of hydrogen-bond acceptors (Lipinski definition) is 7. The van der Waals surface area contributed by atoms with Crippen LogP contribution < -0.4 is 32.5 Å². The molecule has 3 rings (SSSR count). The van der Waals surface area contributed by atoms with Crippen LogP contribution in [0.15, 0.2) is 52.1 Å². The minimum absolute atomic E-state index is 0.0437. The number of hydrogen-bond donors (Lipinski definition) is 3. The molecule has 0 fully saturated rings. The number of nitrogens with two attached hydrogens (primary N) is 1. The molecule has 0 spiro atoms. The van der Waals surface area contributed by atoms with Gasteiger partial charge in [0, 0.05) is 42.8 Å². The Morgan fingerprint density at radius 3 is 2.53 bits per heavy atom. The predicted octanol–water partition coefficient (Wildman–Crippen LogP) is 2.24. The van der Waals surface area contributed by atoms with Crippen LogP contribution in [-0.4, -0.2) is 39.2 Å². The van der Waals surface area contributed by atoms with Crippen LogP contribution in [0.25, 0.3) is 0 Å². The number of anilines is 2. The Labute approximate surface area is 211 Å². The minimum atomic E-state index is -0.846. The van der Waals surface area contributed by atoms with Gasteiger partial charge in [0.1, 0.15) is 0 Å². The lowest BCUT2D eigenvalue weighted by molar-refractivity contribution is -0.121. The summed E-state index contributed by atoms with van der Waals surface area (Å²) in [7, 11) is 0. The number of amides is 1. The van der Waals surface area contributed by atoms with Gasteiger partial charge in [-0.05, 0) is 43.7 Å². The molecule has 0 atom stereocenters. The molecule has 0 aliphatic carbocycles. The number of rotatable bonds is 11. The third-order valence-corrected chi connectivity index (χ3v) is 5.24. The smallest absolute Gasteiger partial charge is 0.354 e. The molecule has 2 aromatic carbocycles. The van der Waals surface area contributed by atoms with Crippen molar-refractivity contribution in [2.75, 3.05) is 18.4 Å². The fraction of sp³-hybridized carbons (Fsp3) is 0.333. The molecule has 0 aliphatic rings. The van der Waals surface area contributed by atoms with Crippen molar-refractivity contribution in [3.63, 3.8) is 0 Å². The lowest BCUT2D eigenvalue weighted by Gasteiger charge is -2.16. The van der Waals surface area contributed by atoms with Crippen molar-refractivity contribution in [2.24, 2.45) is 5.73 Å². The highest BCUT2D eigenvalue weighted by atomic mass is 35.5. The maximum absolute atomic E-state index is 14.5. The Kier molecular flexibility index (Phi) is 9.20. The van der Waals surface area contributed by atoms with Gasteiger partial charge in [-0.2, -0.15) is 4.98 Å². The fourth-order valence-electron chi connectivity index (χ4n) is 3.30. The van der Waals surface area contributed by atoms with Gasteiger partial charge in [-0.15, -0.1) is 0 Å². The molecule has 0 aliphatic heterocycles. The van der Waals surface area contributed by atoms with Gasteiger partial charge in [0.25, 0.3) is 0 Å². The number of halogens is 2. The van der Waals surface area contributed by atoms with Gasteiger partial charge in [0.2, 0.25) is 11.9 Å². The van der Waals surface area contributed by atoms with Crippen LogP contribution in [0.5, 0.6) is 5.75 Å². The first-order valence-electron chi connectivity index (χ1n) is 11.3. The SMILES string of the molecule is CC(C)Oc1ccc(Nc2nc(=O)n(CCC(=O)NCCN)c(=O)n2Cc2ccc(Cl)cc2)cc1F. The Balaban J connectivity index is 1.97. The normalized spacial score (nSPS) is 10.9. The maximum Gasteiger partial charge on any atom is 0.354 e. The van der Waals surface area contributed by atoms with Gasteiger partial charge in [-0.25, -0.2) is 18.5 Å². The van der Waals surface area contributed by atoms with E-state index in [-0.39, 0.29) is 62.0 Å². The van der Waals surface area contributed by atoms with Crippen molar-refractivity contribution >= 4 is 29.1 Å². The summed E-state index contributed by atoms with van der Waals surface area (Å²) in [6.45, 7) is 3.99. The fourth-order valence-corrected chi connectivity index (χ4v) is 3.43. The van der Waals surface area contributed by atoms with Crippen LogP contribution in [0, 0.1) is 5.82 Å². The lowest BCUT2D eigenvalue weighted by atomic mass is 10.2. The van der Waals surface area contributed by atoms with Crippen LogP contribution in [0.2, 0.25) is 5.02 Å². The van der Waals surface area contributed by atoms with Gasteiger partial charge in [0.15, 0.2) is 11.6 Å². The second-order valence-corrected chi connectivity index (χ2v) is 8.63. The van der Waals surface area contributed by atoms with E-state index in [4.69, 9.17) is 22.1 Å². The largest absolute Gasteiger partial charge is 0.488 e. The molecule has 10 nitrogen and oxygen atoms in total. The zero-order valence-electron chi connectivity index (χ0n) is 20.0. The van der Waals surface area contributed by atoms with Gasteiger partial charge in [-0.3, -0.25) is 9.36 Å². The topological polar surface area (TPSA) is 133 Å². The van der Waals surface area contributed by atoms with Crippen LogP contribution in [-0.2, 0) is 17.9 Å². The van der Waals surface area contributed by atoms with E-state index >= 15 is 0 Å². The van der Waals surface area contributed by atoms with Crippen molar-refractivity contribution in [1.82, 2.24) is 19.4 Å². The van der Waals surface area contributed by atoms with Crippen molar-refractivity contribution in [3.8, 4) is 5.75 Å². The Morgan fingerprint density at radius 2 is 1.89 bits per heavy atom. The molecular formula is C24H28ClFN6O4. The first kappa shape index (κ1) is 26.9. The summed E-state index contributed by atoms with van der Waals surface area (Å²) in [6.07, 6.45) is -0.318. The molecule has 0 saturated heterocycles. The van der Waals surface area contributed by atoms with Crippen LogP contribution in [0.1, 0.15) is 25.8 Å². The van der Waals surface area contributed by atoms with Crippen LogP contribution >= 0.6 is 11.6 Å². The number of carbonyl (C=O) groups excluding carboxylic acids is 1. The summed E-state index contributed by atoms with van der Waals surface area (Å²) in [5.74, 6) is -0.972. The van der Waals surface area contributed by atoms with E-state index in [1.54, 1.807) is 44.2 Å². The molecule has 192 valence electrons. The number of aromatic nitrogens is 3. The van der Waals surface area contributed by atoms with Gasteiger partial charge >= 0.3 is 11.4 Å². The number of benzene rings is 2. The molecule has 36 heavy (non-hydrogen) atoms. The minimum Gasteiger partial charge on any atom is -0.488 e. The second kappa shape index (κ2) is 12.3. The van der Waals surface area contributed by atoms with Crippen molar-refractivity contribution in [2.45, 2.75) is 39.5 Å². The average molecular weight is 519 g/mol. The van der Waals surface area contributed by atoms with E-state index in [1.165, 1.54) is 16.7 Å². The summed E-state index contributed by atoms with van der Waals surface area (Å²) in [4.78, 5) is 42.0. The summed E-state index contributed by atoms with van der Waals surface area (Å²) in [6, 6.07) is 11.0. The molecule has 1 aromatic heterocycles. The predicted molar refractivity (Wildman–Crippen MR) is 135 cm³/mol. The highest BCUT2D eigenvalue weighted by molar-refractivity contribution is 6.30. The quantitative estimate of drug-likeness (QED) is 0.354. The van der Waals surface area contributed by atoms with E-state index in [9.17, 15) is 18.8 Å². The summed E-state index contributed by atoms with van der Waals surface area (Å²) < 4.78 is 22.0. The van der Waals surface area contributed by atoms with E-state index < -0.39 is 17.2 Å². The number of nitrogens with one attached hydrogen (secondary N) is 2. The van der Waals surface area contributed by atoms with E-state index in [0.717, 1.165) is 4.57 Å². The molecule has 0 bridgehead atoms. The average Bonchev–Trinajstić information content (AvgIpc) is 2.82. The molecule has 0 saturated carbocycles. The Bertz CT molecular complexity index is 1320. The Morgan fingerprint density at radius 1 is 1.17 bits per heavy atom. The first-order chi connectivity index (χ1) is 17.2. The van der Waals surface area contributed by atoms with E-state index in [0.29, 0.717) is 10.6 Å². The van der Waals surface area contributed by atoms with Crippen LogP contribution in [0.4, 0.5) is 16.0 Å². The summed E-state index contributed by atoms with van der Waals surface area (Å²) in [5, 5.41) is 5.96. The zero-order valence-corrected chi connectivity index (χ0v) is 20.7. The highest BCUT2D eigenvalue weighted by Gasteiger charge is 2.16. The van der Waals surface area contributed by atoms with Crippen molar-refractivity contribution in [1.29, 1.82) is 0 Å². The molecule has 4 N–H and O–H groups in total. The number of carbonyl (C=O) groups is 1. The van der Waals surface area contributed by atoms with E-state index in [2.05, 4.69) is 15.6 Å². The van der Waals surface area contributed by atoms with Gasteiger partial charge < -0.3 is 21.1 Å². The summed E-state index contributed by atoms with van der Waals surface area (Å²) >= 11 is 5.97. The third-order valence-electron chi connectivity index (χ3n) is 4.98.